The fraction of sp³-hybridized carbons (Fsp3) is 0.533. The highest BCUT2D eigenvalue weighted by atomic mass is 32.2. The van der Waals surface area contributed by atoms with Crippen LogP contribution in [-0.4, -0.2) is 16.3 Å². The first-order valence-corrected chi connectivity index (χ1v) is 7.49. The van der Waals surface area contributed by atoms with E-state index < -0.39 is 5.97 Å². The minimum absolute atomic E-state index is 0.117. The molecule has 0 amide bonds. The van der Waals surface area contributed by atoms with Crippen molar-refractivity contribution < 1.29 is 9.90 Å². The zero-order valence-corrected chi connectivity index (χ0v) is 11.6. The summed E-state index contributed by atoms with van der Waals surface area (Å²) >= 11 is 1.95. The van der Waals surface area contributed by atoms with Gasteiger partial charge in [-0.1, -0.05) is 19.1 Å². The summed E-state index contributed by atoms with van der Waals surface area (Å²) in [7, 11) is 0. The number of carboxylic acid groups (broad SMARTS) is 1. The maximum atomic E-state index is 10.6. The molecule has 0 aromatic heterocycles. The first-order chi connectivity index (χ1) is 8.63. The molecule has 0 radical (unpaired) electrons. The van der Waals surface area contributed by atoms with Gasteiger partial charge < -0.3 is 5.11 Å². The number of rotatable bonds is 4. The van der Waals surface area contributed by atoms with Gasteiger partial charge in [0.05, 0.1) is 6.42 Å². The van der Waals surface area contributed by atoms with Crippen molar-refractivity contribution in [1.82, 2.24) is 0 Å². The maximum Gasteiger partial charge on any atom is 0.307 e. The van der Waals surface area contributed by atoms with Crippen molar-refractivity contribution in [2.45, 2.75) is 49.2 Å². The topological polar surface area (TPSA) is 37.3 Å². The maximum absolute atomic E-state index is 10.6. The lowest BCUT2D eigenvalue weighted by molar-refractivity contribution is -0.136. The number of thioether (sulfide) groups is 1. The second-order valence-electron chi connectivity index (χ2n) is 5.21. The van der Waals surface area contributed by atoms with Gasteiger partial charge in [0.1, 0.15) is 0 Å². The molecular weight excluding hydrogens is 244 g/mol. The van der Waals surface area contributed by atoms with Crippen molar-refractivity contribution in [2.24, 2.45) is 5.92 Å². The summed E-state index contributed by atoms with van der Waals surface area (Å²) in [5, 5.41) is 9.46. The molecule has 1 aromatic rings. The second-order valence-corrected chi connectivity index (χ2v) is 6.59. The number of benzene rings is 1. The SMILES string of the molecule is CC1CCC(Sc2ccc(CC(=O)O)cc2)CC1. The number of hydrogen-bond acceptors (Lipinski definition) is 2. The molecule has 0 saturated heterocycles. The van der Waals surface area contributed by atoms with E-state index in [-0.39, 0.29) is 6.42 Å². The van der Waals surface area contributed by atoms with E-state index in [0.717, 1.165) is 16.7 Å². The molecule has 2 rings (SSSR count). The van der Waals surface area contributed by atoms with Crippen LogP contribution in [0.2, 0.25) is 0 Å². The highest BCUT2D eigenvalue weighted by Crippen LogP contribution is 2.35. The van der Waals surface area contributed by atoms with Gasteiger partial charge in [0.15, 0.2) is 0 Å². The molecule has 2 nitrogen and oxygen atoms in total. The Bertz CT molecular complexity index is 391. The van der Waals surface area contributed by atoms with Gasteiger partial charge in [-0.05, 0) is 49.3 Å². The van der Waals surface area contributed by atoms with E-state index in [1.54, 1.807) is 0 Å². The molecule has 3 heteroatoms. The predicted molar refractivity (Wildman–Crippen MR) is 75.1 cm³/mol. The summed E-state index contributed by atoms with van der Waals surface area (Å²) in [5.74, 6) is 0.122. The molecule has 0 unspecified atom stereocenters. The molecule has 1 aromatic carbocycles. The van der Waals surface area contributed by atoms with Gasteiger partial charge in [-0.3, -0.25) is 4.79 Å². The Kier molecular flexibility index (Phi) is 4.70. The van der Waals surface area contributed by atoms with E-state index in [1.807, 2.05) is 23.9 Å². The van der Waals surface area contributed by atoms with E-state index >= 15 is 0 Å². The first kappa shape index (κ1) is 13.5. The van der Waals surface area contributed by atoms with Crippen molar-refractivity contribution in [3.05, 3.63) is 29.8 Å². The number of aliphatic carboxylic acids is 1. The minimum Gasteiger partial charge on any atom is -0.481 e. The molecule has 0 heterocycles. The molecule has 1 aliphatic rings. The van der Waals surface area contributed by atoms with Crippen LogP contribution in [0.4, 0.5) is 0 Å². The summed E-state index contributed by atoms with van der Waals surface area (Å²) in [4.78, 5) is 11.9. The van der Waals surface area contributed by atoms with Crippen LogP contribution in [0.5, 0.6) is 0 Å². The molecule has 1 aliphatic carbocycles. The highest BCUT2D eigenvalue weighted by Gasteiger charge is 2.18. The van der Waals surface area contributed by atoms with Gasteiger partial charge in [0.25, 0.3) is 0 Å². The molecule has 1 N–H and O–H groups in total. The highest BCUT2D eigenvalue weighted by molar-refractivity contribution is 8.00. The summed E-state index contributed by atoms with van der Waals surface area (Å²) in [6.07, 6.45) is 5.42. The Morgan fingerprint density at radius 1 is 1.22 bits per heavy atom. The van der Waals surface area contributed by atoms with E-state index in [4.69, 9.17) is 5.11 Å². The average molecular weight is 264 g/mol. The zero-order valence-electron chi connectivity index (χ0n) is 10.8. The molecule has 98 valence electrons. The van der Waals surface area contributed by atoms with Crippen LogP contribution >= 0.6 is 11.8 Å². The van der Waals surface area contributed by atoms with Gasteiger partial charge in [0, 0.05) is 10.1 Å². The predicted octanol–water partition coefficient (Wildman–Crippen LogP) is 3.98. The monoisotopic (exact) mass is 264 g/mol. The average Bonchev–Trinajstić information content (AvgIpc) is 2.34. The number of hydrogen-bond donors (Lipinski definition) is 1. The van der Waals surface area contributed by atoms with Gasteiger partial charge >= 0.3 is 5.97 Å². The van der Waals surface area contributed by atoms with Crippen LogP contribution in [0.3, 0.4) is 0 Å². The largest absolute Gasteiger partial charge is 0.481 e. The normalized spacial score (nSPS) is 23.8. The van der Waals surface area contributed by atoms with Crippen LogP contribution in [0.25, 0.3) is 0 Å². The summed E-state index contributed by atoms with van der Waals surface area (Å²) in [6, 6.07) is 7.98. The summed E-state index contributed by atoms with van der Waals surface area (Å²) in [5.41, 5.74) is 0.879. The molecule has 0 aliphatic heterocycles. The van der Waals surface area contributed by atoms with Crippen LogP contribution < -0.4 is 0 Å². The fourth-order valence-corrected chi connectivity index (χ4v) is 3.59. The lowest BCUT2D eigenvalue weighted by atomic mass is 9.91. The smallest absolute Gasteiger partial charge is 0.307 e. The second kappa shape index (κ2) is 6.28. The third-order valence-electron chi connectivity index (χ3n) is 3.54. The lowest BCUT2D eigenvalue weighted by Gasteiger charge is -2.25. The van der Waals surface area contributed by atoms with Crippen LogP contribution in [-0.2, 0) is 11.2 Å². The Labute approximate surface area is 113 Å². The van der Waals surface area contributed by atoms with Gasteiger partial charge in [0.2, 0.25) is 0 Å². The Balaban J connectivity index is 1.88. The van der Waals surface area contributed by atoms with Gasteiger partial charge in [-0.2, -0.15) is 0 Å². The molecule has 18 heavy (non-hydrogen) atoms. The molecule has 1 fully saturated rings. The lowest BCUT2D eigenvalue weighted by Crippen LogP contribution is -2.13. The molecule has 1 saturated carbocycles. The van der Waals surface area contributed by atoms with Gasteiger partial charge in [-0.25, -0.2) is 0 Å². The third-order valence-corrected chi connectivity index (χ3v) is 4.89. The molecule has 0 atom stereocenters. The van der Waals surface area contributed by atoms with Crippen LogP contribution in [0.15, 0.2) is 29.2 Å². The Morgan fingerprint density at radius 3 is 2.39 bits per heavy atom. The van der Waals surface area contributed by atoms with Gasteiger partial charge in [-0.15, -0.1) is 11.8 Å². The number of carboxylic acids is 1. The van der Waals surface area contributed by atoms with Crippen molar-refractivity contribution in [3.8, 4) is 0 Å². The van der Waals surface area contributed by atoms with E-state index in [0.29, 0.717) is 0 Å². The molecule has 0 spiro atoms. The third kappa shape index (κ3) is 4.05. The van der Waals surface area contributed by atoms with E-state index in [1.165, 1.54) is 30.6 Å². The zero-order chi connectivity index (χ0) is 13.0. The van der Waals surface area contributed by atoms with E-state index in [2.05, 4.69) is 19.1 Å². The Hall–Kier alpha value is -0.960. The number of carbonyl (C=O) groups is 1. The van der Waals surface area contributed by atoms with Crippen LogP contribution in [0.1, 0.15) is 38.2 Å². The van der Waals surface area contributed by atoms with Crippen LogP contribution in [0, 0.1) is 5.92 Å². The quantitative estimate of drug-likeness (QED) is 0.893. The van der Waals surface area contributed by atoms with Crippen molar-refractivity contribution >= 4 is 17.7 Å². The minimum atomic E-state index is -0.767. The van der Waals surface area contributed by atoms with Crippen molar-refractivity contribution in [2.75, 3.05) is 0 Å². The molecule has 0 bridgehead atoms. The standard InChI is InChI=1S/C15H20O2S/c1-11-2-6-13(7-3-11)18-14-8-4-12(5-9-14)10-15(16)17/h4-5,8-9,11,13H,2-3,6-7,10H2,1H3,(H,16,17). The first-order valence-electron chi connectivity index (χ1n) is 6.61. The van der Waals surface area contributed by atoms with E-state index in [9.17, 15) is 4.79 Å². The van der Waals surface area contributed by atoms with Crippen molar-refractivity contribution in [1.29, 1.82) is 0 Å². The summed E-state index contributed by atoms with van der Waals surface area (Å²) in [6.45, 7) is 2.33. The summed E-state index contributed by atoms with van der Waals surface area (Å²) < 4.78 is 0. The fourth-order valence-electron chi connectivity index (χ4n) is 2.40. The molecular formula is C15H20O2S. The van der Waals surface area contributed by atoms with Crippen molar-refractivity contribution in [3.63, 3.8) is 0 Å². The Morgan fingerprint density at radius 2 is 1.83 bits per heavy atom.